The van der Waals surface area contributed by atoms with Crippen LogP contribution in [0.3, 0.4) is 0 Å². The van der Waals surface area contributed by atoms with Gasteiger partial charge in [0, 0.05) is 24.1 Å². The molecule has 0 N–H and O–H groups in total. The summed E-state index contributed by atoms with van der Waals surface area (Å²) in [7, 11) is 3.04. The van der Waals surface area contributed by atoms with Crippen LogP contribution < -0.4 is 14.2 Å². The van der Waals surface area contributed by atoms with Crippen molar-refractivity contribution >= 4 is 11.8 Å². The van der Waals surface area contributed by atoms with Crippen LogP contribution in [-0.2, 0) is 16.0 Å². The van der Waals surface area contributed by atoms with Crippen molar-refractivity contribution in [2.75, 3.05) is 14.2 Å². The smallest absolute Gasteiger partial charge is 0.322 e. The number of esters is 1. The van der Waals surface area contributed by atoms with Crippen LogP contribution in [0.5, 0.6) is 17.2 Å². The van der Waals surface area contributed by atoms with Gasteiger partial charge in [0.15, 0.2) is 0 Å². The molecule has 0 saturated heterocycles. The lowest BCUT2D eigenvalue weighted by molar-refractivity contribution is -0.144. The van der Waals surface area contributed by atoms with E-state index in [0.717, 1.165) is 5.56 Å². The summed E-state index contributed by atoms with van der Waals surface area (Å²) in [5, 5.41) is 0. The van der Waals surface area contributed by atoms with Gasteiger partial charge in [-0.1, -0.05) is 0 Å². The van der Waals surface area contributed by atoms with E-state index in [1.807, 2.05) is 0 Å². The van der Waals surface area contributed by atoms with Crippen LogP contribution in [0.2, 0.25) is 0 Å². The summed E-state index contributed by atoms with van der Waals surface area (Å²) in [5.74, 6) is 0.0186. The van der Waals surface area contributed by atoms with Gasteiger partial charge in [-0.15, -0.1) is 0 Å². The topological polar surface area (TPSA) is 61.8 Å². The van der Waals surface area contributed by atoms with Gasteiger partial charge >= 0.3 is 5.97 Å². The molecule has 0 unspecified atom stereocenters. The first-order chi connectivity index (χ1) is 8.56. The molecule has 1 aromatic rings. The molecule has 1 heterocycles. The van der Waals surface area contributed by atoms with Crippen molar-refractivity contribution in [1.82, 2.24) is 0 Å². The number of carbonyl (C=O) groups excluding carboxylic acids is 2. The number of Topliss-reactive ketones (excluding diaryl/α,β-unsaturated/α-hetero) is 1. The first kappa shape index (κ1) is 12.4. The van der Waals surface area contributed by atoms with Gasteiger partial charge in [-0.3, -0.25) is 9.59 Å². The molecule has 5 nitrogen and oxygen atoms in total. The number of carbonyl (C=O) groups is 2. The number of hydrogen-bond donors (Lipinski definition) is 0. The van der Waals surface area contributed by atoms with Crippen molar-refractivity contribution in [3.8, 4) is 17.2 Å². The zero-order valence-corrected chi connectivity index (χ0v) is 10.5. The molecule has 2 rings (SSSR count). The molecule has 0 saturated carbocycles. The van der Waals surface area contributed by atoms with Crippen LogP contribution >= 0.6 is 0 Å². The molecule has 1 atom stereocenters. The van der Waals surface area contributed by atoms with Crippen LogP contribution in [-0.4, -0.2) is 26.0 Å². The van der Waals surface area contributed by atoms with Crippen molar-refractivity contribution in [1.29, 1.82) is 0 Å². The van der Waals surface area contributed by atoms with E-state index < -0.39 is 11.9 Å². The van der Waals surface area contributed by atoms with E-state index in [1.165, 1.54) is 21.1 Å². The summed E-state index contributed by atoms with van der Waals surface area (Å²) in [4.78, 5) is 23.0. The average molecular weight is 250 g/mol. The molecule has 1 aliphatic heterocycles. The van der Waals surface area contributed by atoms with Gasteiger partial charge in [-0.25, -0.2) is 0 Å². The lowest BCUT2D eigenvalue weighted by atomic mass is 9.92. The molecule has 96 valence electrons. The molecule has 0 fully saturated rings. The van der Waals surface area contributed by atoms with Gasteiger partial charge in [-0.05, 0) is 6.92 Å². The van der Waals surface area contributed by atoms with Crippen molar-refractivity contribution in [2.24, 2.45) is 5.92 Å². The second kappa shape index (κ2) is 4.68. The zero-order chi connectivity index (χ0) is 13.3. The Bertz CT molecular complexity index is 506. The summed E-state index contributed by atoms with van der Waals surface area (Å²) in [6.45, 7) is 1.38. The highest BCUT2D eigenvalue weighted by atomic mass is 16.5. The van der Waals surface area contributed by atoms with E-state index in [2.05, 4.69) is 0 Å². The molecule has 0 amide bonds. The second-order valence-electron chi connectivity index (χ2n) is 4.09. The van der Waals surface area contributed by atoms with Gasteiger partial charge in [0.2, 0.25) is 0 Å². The SMILES string of the molecule is COc1cc(OC)c2c(c1)OC(=O)[C@@H](C(C)=O)C2. The highest BCUT2D eigenvalue weighted by Gasteiger charge is 2.34. The highest BCUT2D eigenvalue weighted by Crippen LogP contribution is 2.39. The van der Waals surface area contributed by atoms with Gasteiger partial charge in [0.25, 0.3) is 0 Å². The molecule has 0 bridgehead atoms. The second-order valence-corrected chi connectivity index (χ2v) is 4.09. The summed E-state index contributed by atoms with van der Waals surface area (Å²) in [6.07, 6.45) is 0.302. The summed E-state index contributed by atoms with van der Waals surface area (Å²) < 4.78 is 15.5. The van der Waals surface area contributed by atoms with E-state index in [9.17, 15) is 9.59 Å². The van der Waals surface area contributed by atoms with E-state index >= 15 is 0 Å². The van der Waals surface area contributed by atoms with E-state index in [0.29, 0.717) is 23.7 Å². The third kappa shape index (κ3) is 2.03. The Balaban J connectivity index is 2.48. The van der Waals surface area contributed by atoms with Gasteiger partial charge < -0.3 is 14.2 Å². The predicted molar refractivity (Wildman–Crippen MR) is 63.1 cm³/mol. The summed E-state index contributed by atoms with van der Waals surface area (Å²) >= 11 is 0. The Morgan fingerprint density at radius 1 is 1.33 bits per heavy atom. The fraction of sp³-hybridized carbons (Fsp3) is 0.385. The first-order valence-corrected chi connectivity index (χ1v) is 5.54. The number of fused-ring (bicyclic) bond motifs is 1. The summed E-state index contributed by atoms with van der Waals surface area (Å²) in [6, 6.07) is 3.32. The first-order valence-electron chi connectivity index (χ1n) is 5.54. The van der Waals surface area contributed by atoms with Crippen LogP contribution in [0.1, 0.15) is 12.5 Å². The maximum atomic E-state index is 11.7. The van der Waals surface area contributed by atoms with Crippen molar-refractivity contribution < 1.29 is 23.8 Å². The quantitative estimate of drug-likeness (QED) is 0.460. The lowest BCUT2D eigenvalue weighted by Gasteiger charge is -2.23. The van der Waals surface area contributed by atoms with Gasteiger partial charge in [0.1, 0.15) is 28.9 Å². The molecule has 5 heteroatoms. The number of hydrogen-bond acceptors (Lipinski definition) is 5. The number of ketones is 1. The predicted octanol–water partition coefficient (Wildman–Crippen LogP) is 1.37. The highest BCUT2D eigenvalue weighted by molar-refractivity contribution is 6.00. The van der Waals surface area contributed by atoms with Crippen molar-refractivity contribution in [3.63, 3.8) is 0 Å². The molecule has 0 spiro atoms. The largest absolute Gasteiger partial charge is 0.496 e. The van der Waals surface area contributed by atoms with Gasteiger partial charge in [0.05, 0.1) is 14.2 Å². The van der Waals surface area contributed by atoms with Crippen LogP contribution in [0.15, 0.2) is 12.1 Å². The maximum absolute atomic E-state index is 11.7. The Kier molecular flexibility index (Phi) is 3.23. The van der Waals surface area contributed by atoms with Gasteiger partial charge in [-0.2, -0.15) is 0 Å². The summed E-state index contributed by atoms with van der Waals surface area (Å²) in [5.41, 5.74) is 0.720. The monoisotopic (exact) mass is 250 g/mol. The maximum Gasteiger partial charge on any atom is 0.322 e. The zero-order valence-electron chi connectivity index (χ0n) is 10.5. The molecular weight excluding hydrogens is 236 g/mol. The standard InChI is InChI=1S/C13H14O5/c1-7(14)9-6-10-11(17-3)4-8(16-2)5-12(10)18-13(9)15/h4-5,9H,6H2,1-3H3/t9-/m1/s1. The molecular formula is C13H14O5. The molecule has 1 aliphatic rings. The Morgan fingerprint density at radius 3 is 2.61 bits per heavy atom. The van der Waals surface area contributed by atoms with E-state index in [-0.39, 0.29) is 5.78 Å². The number of benzene rings is 1. The number of rotatable bonds is 3. The number of ether oxygens (including phenoxy) is 3. The minimum atomic E-state index is -0.750. The Hall–Kier alpha value is -2.04. The van der Waals surface area contributed by atoms with Crippen molar-refractivity contribution in [2.45, 2.75) is 13.3 Å². The lowest BCUT2D eigenvalue weighted by Crippen LogP contribution is -2.32. The third-order valence-electron chi connectivity index (χ3n) is 2.99. The Labute approximate surface area is 105 Å². The average Bonchev–Trinajstić information content (AvgIpc) is 2.35. The fourth-order valence-electron chi connectivity index (χ4n) is 1.96. The molecule has 1 aromatic carbocycles. The van der Waals surface area contributed by atoms with Crippen LogP contribution in [0, 0.1) is 5.92 Å². The Morgan fingerprint density at radius 2 is 2.06 bits per heavy atom. The minimum Gasteiger partial charge on any atom is -0.496 e. The van der Waals surface area contributed by atoms with E-state index in [4.69, 9.17) is 14.2 Å². The third-order valence-corrected chi connectivity index (χ3v) is 2.99. The fourth-order valence-corrected chi connectivity index (χ4v) is 1.96. The number of methoxy groups -OCH3 is 2. The normalized spacial score (nSPS) is 17.7. The minimum absolute atomic E-state index is 0.205. The molecule has 0 aliphatic carbocycles. The van der Waals surface area contributed by atoms with E-state index in [1.54, 1.807) is 12.1 Å². The molecule has 0 aromatic heterocycles. The molecule has 18 heavy (non-hydrogen) atoms. The van der Waals surface area contributed by atoms with Crippen LogP contribution in [0.4, 0.5) is 0 Å². The van der Waals surface area contributed by atoms with Crippen LogP contribution in [0.25, 0.3) is 0 Å². The molecule has 0 radical (unpaired) electrons. The van der Waals surface area contributed by atoms with Crippen molar-refractivity contribution in [3.05, 3.63) is 17.7 Å².